The van der Waals surface area contributed by atoms with Crippen molar-refractivity contribution in [3.63, 3.8) is 0 Å². The van der Waals surface area contributed by atoms with Crippen molar-refractivity contribution >= 4 is 5.82 Å². The van der Waals surface area contributed by atoms with Crippen LogP contribution in [0.2, 0.25) is 0 Å². The zero-order chi connectivity index (χ0) is 21.3. The maximum absolute atomic E-state index is 14.3. The number of halogens is 1. The molecule has 7 nitrogen and oxygen atoms in total. The molecule has 8 heteroatoms. The van der Waals surface area contributed by atoms with Gasteiger partial charge in [-0.15, -0.1) is 0 Å². The van der Waals surface area contributed by atoms with Crippen LogP contribution >= 0.6 is 0 Å². The van der Waals surface area contributed by atoms with Gasteiger partial charge in [-0.05, 0) is 55.5 Å². The van der Waals surface area contributed by atoms with Gasteiger partial charge in [-0.2, -0.15) is 9.97 Å². The topological polar surface area (TPSA) is 90.1 Å². The minimum absolute atomic E-state index is 0.114. The SMILES string of the molecule is Cc1ncc(Oc2nc3c(c(N4C[C@@H](N)C5(CC5)C4)n2)-c2cc(F)cc(C)c2C3)cn1. The van der Waals surface area contributed by atoms with Crippen molar-refractivity contribution in [2.75, 3.05) is 18.0 Å². The highest BCUT2D eigenvalue weighted by molar-refractivity contribution is 5.85. The second kappa shape index (κ2) is 6.43. The molecule has 1 saturated carbocycles. The molecular formula is C23H23FN6O. The van der Waals surface area contributed by atoms with Crippen molar-refractivity contribution in [2.24, 2.45) is 11.1 Å². The number of aromatic nitrogens is 4. The van der Waals surface area contributed by atoms with Gasteiger partial charge in [-0.1, -0.05) is 0 Å². The van der Waals surface area contributed by atoms with Crippen LogP contribution < -0.4 is 15.4 Å². The van der Waals surface area contributed by atoms with Gasteiger partial charge in [-0.3, -0.25) is 0 Å². The predicted octanol–water partition coefficient (Wildman–Crippen LogP) is 3.31. The Balaban J connectivity index is 1.47. The fourth-order valence-corrected chi connectivity index (χ4v) is 4.93. The quantitative estimate of drug-likeness (QED) is 0.546. The monoisotopic (exact) mass is 418 g/mol. The molecule has 0 radical (unpaired) electrons. The van der Waals surface area contributed by atoms with Gasteiger partial charge in [0, 0.05) is 36.5 Å². The van der Waals surface area contributed by atoms with Crippen molar-refractivity contribution in [1.29, 1.82) is 0 Å². The Kier molecular flexibility index (Phi) is 3.87. The van der Waals surface area contributed by atoms with Crippen molar-refractivity contribution in [3.05, 3.63) is 53.0 Å². The van der Waals surface area contributed by atoms with Gasteiger partial charge < -0.3 is 15.4 Å². The van der Waals surface area contributed by atoms with Crippen LogP contribution in [-0.2, 0) is 6.42 Å². The van der Waals surface area contributed by atoms with Gasteiger partial charge in [0.05, 0.1) is 18.1 Å². The van der Waals surface area contributed by atoms with Gasteiger partial charge in [0.1, 0.15) is 17.5 Å². The second-order valence-corrected chi connectivity index (χ2v) is 8.99. The highest BCUT2D eigenvalue weighted by Crippen LogP contribution is 2.54. The number of nitrogens with two attached hydrogens (primary N) is 1. The summed E-state index contributed by atoms with van der Waals surface area (Å²) in [4.78, 5) is 20.1. The van der Waals surface area contributed by atoms with Gasteiger partial charge in [-0.25, -0.2) is 14.4 Å². The average molecular weight is 418 g/mol. The molecule has 0 unspecified atom stereocenters. The van der Waals surface area contributed by atoms with Crippen LogP contribution in [0.5, 0.6) is 11.8 Å². The molecule has 31 heavy (non-hydrogen) atoms. The van der Waals surface area contributed by atoms with E-state index in [4.69, 9.17) is 20.4 Å². The Morgan fingerprint density at radius 2 is 1.94 bits per heavy atom. The van der Waals surface area contributed by atoms with Gasteiger partial charge in [0.15, 0.2) is 5.75 Å². The number of anilines is 1. The number of aryl methyl sites for hydroxylation is 2. The van der Waals surface area contributed by atoms with E-state index in [0.29, 0.717) is 18.0 Å². The van der Waals surface area contributed by atoms with Gasteiger partial charge in [0.2, 0.25) is 0 Å². The molecule has 1 atom stereocenters. The number of hydrogen-bond donors (Lipinski definition) is 1. The molecule has 1 aliphatic heterocycles. The average Bonchev–Trinajstić information content (AvgIpc) is 3.31. The molecule has 0 bridgehead atoms. The van der Waals surface area contributed by atoms with Crippen LogP contribution in [0.25, 0.3) is 11.1 Å². The lowest BCUT2D eigenvalue weighted by atomic mass is 10.0. The molecule has 2 aromatic heterocycles. The molecular weight excluding hydrogens is 395 g/mol. The zero-order valence-electron chi connectivity index (χ0n) is 17.5. The van der Waals surface area contributed by atoms with E-state index in [1.807, 2.05) is 13.8 Å². The number of ether oxygens (including phenoxy) is 1. The third kappa shape index (κ3) is 2.96. The lowest BCUT2D eigenvalue weighted by Crippen LogP contribution is -2.30. The first-order chi connectivity index (χ1) is 14.9. The van der Waals surface area contributed by atoms with Crippen molar-refractivity contribution in [2.45, 2.75) is 39.2 Å². The number of rotatable bonds is 3. The van der Waals surface area contributed by atoms with E-state index in [-0.39, 0.29) is 23.3 Å². The van der Waals surface area contributed by atoms with E-state index in [2.05, 4.69) is 14.9 Å². The first-order valence-corrected chi connectivity index (χ1v) is 10.6. The Labute approximate surface area is 179 Å². The summed E-state index contributed by atoms with van der Waals surface area (Å²) in [7, 11) is 0. The number of benzene rings is 1. The summed E-state index contributed by atoms with van der Waals surface area (Å²) in [5.41, 5.74) is 11.3. The highest BCUT2D eigenvalue weighted by atomic mass is 19.1. The van der Waals surface area contributed by atoms with E-state index < -0.39 is 0 Å². The summed E-state index contributed by atoms with van der Waals surface area (Å²) in [6.45, 7) is 5.33. The minimum atomic E-state index is -0.246. The summed E-state index contributed by atoms with van der Waals surface area (Å²) < 4.78 is 20.2. The smallest absolute Gasteiger partial charge is 0.324 e. The fraction of sp³-hybridized carbons (Fsp3) is 0.391. The number of nitrogens with zero attached hydrogens (tertiary/aromatic N) is 5. The summed E-state index contributed by atoms with van der Waals surface area (Å²) in [5.74, 6) is 1.67. The lowest BCUT2D eigenvalue weighted by Gasteiger charge is -2.21. The van der Waals surface area contributed by atoms with Gasteiger partial charge in [0.25, 0.3) is 0 Å². The molecule has 3 aliphatic rings. The third-order valence-corrected chi connectivity index (χ3v) is 6.86. The first-order valence-electron chi connectivity index (χ1n) is 10.6. The summed E-state index contributed by atoms with van der Waals surface area (Å²) in [6.07, 6.45) is 6.13. The Morgan fingerprint density at radius 1 is 1.16 bits per heavy atom. The van der Waals surface area contributed by atoms with Crippen LogP contribution in [0, 0.1) is 25.1 Å². The molecule has 0 amide bonds. The van der Waals surface area contributed by atoms with E-state index in [9.17, 15) is 4.39 Å². The first kappa shape index (κ1) is 18.6. The molecule has 1 saturated heterocycles. The standard InChI is InChI=1S/C23H23FN6O/c1-12-5-14(24)6-17-16(12)7-18-20(17)21(30-10-19(25)23(11-30)3-4-23)29-22(28-18)31-15-8-26-13(2)27-9-15/h5-6,8-9,19H,3-4,7,10-11,25H2,1-2H3/t19-/m1/s1. The molecule has 3 heterocycles. The Bertz CT molecular complexity index is 1210. The summed E-state index contributed by atoms with van der Waals surface area (Å²) in [6, 6.07) is 3.53. The molecule has 2 aliphatic carbocycles. The van der Waals surface area contributed by atoms with Gasteiger partial charge >= 0.3 is 6.01 Å². The van der Waals surface area contributed by atoms with E-state index in [1.54, 1.807) is 24.5 Å². The van der Waals surface area contributed by atoms with E-state index >= 15 is 0 Å². The number of fused-ring (bicyclic) bond motifs is 3. The molecule has 158 valence electrons. The van der Waals surface area contributed by atoms with Crippen molar-refractivity contribution in [1.82, 2.24) is 19.9 Å². The van der Waals surface area contributed by atoms with Crippen LogP contribution in [0.3, 0.4) is 0 Å². The van der Waals surface area contributed by atoms with Crippen LogP contribution in [0.15, 0.2) is 24.5 Å². The molecule has 2 N–H and O–H groups in total. The largest absolute Gasteiger partial charge is 0.421 e. The number of hydrogen-bond acceptors (Lipinski definition) is 7. The fourth-order valence-electron chi connectivity index (χ4n) is 4.93. The van der Waals surface area contributed by atoms with Crippen LogP contribution in [0.4, 0.5) is 10.2 Å². The zero-order valence-corrected chi connectivity index (χ0v) is 17.5. The second-order valence-electron chi connectivity index (χ2n) is 8.99. The Hall–Kier alpha value is -3.13. The lowest BCUT2D eigenvalue weighted by molar-refractivity contribution is 0.435. The Morgan fingerprint density at radius 3 is 2.65 bits per heavy atom. The maximum Gasteiger partial charge on any atom is 0.324 e. The van der Waals surface area contributed by atoms with Crippen LogP contribution in [0.1, 0.15) is 35.5 Å². The predicted molar refractivity (Wildman–Crippen MR) is 114 cm³/mol. The molecule has 1 spiro atoms. The van der Waals surface area contributed by atoms with E-state index in [0.717, 1.165) is 59.7 Å². The molecule has 1 aromatic carbocycles. The van der Waals surface area contributed by atoms with E-state index in [1.165, 1.54) is 0 Å². The summed E-state index contributed by atoms with van der Waals surface area (Å²) in [5, 5.41) is 0. The maximum atomic E-state index is 14.3. The van der Waals surface area contributed by atoms with Crippen LogP contribution in [-0.4, -0.2) is 39.1 Å². The molecule has 2 fully saturated rings. The minimum Gasteiger partial charge on any atom is -0.421 e. The van der Waals surface area contributed by atoms with Crippen molar-refractivity contribution in [3.8, 4) is 22.9 Å². The van der Waals surface area contributed by atoms with Crippen molar-refractivity contribution < 1.29 is 9.13 Å². The molecule has 6 rings (SSSR count). The summed E-state index contributed by atoms with van der Waals surface area (Å²) >= 11 is 0. The molecule has 3 aromatic rings. The third-order valence-electron chi connectivity index (χ3n) is 6.86. The normalized spacial score (nSPS) is 20.1. The highest BCUT2D eigenvalue weighted by Gasteiger charge is 2.54.